The number of hydrogen-bond donors (Lipinski definition) is 2. The van der Waals surface area contributed by atoms with Crippen LogP contribution < -0.4 is 5.73 Å². The maximum atomic E-state index is 5.83. The molecule has 1 aromatic heterocycles. The normalized spacial score (nSPS) is 10.7. The van der Waals surface area contributed by atoms with Crippen LogP contribution in [0.25, 0.3) is 22.6 Å². The molecule has 100 valence electrons. The first-order chi connectivity index (χ1) is 9.63. The molecule has 1 heterocycles. The Kier molecular flexibility index (Phi) is 3.03. The molecule has 3 aromatic rings. The van der Waals surface area contributed by atoms with E-state index in [2.05, 4.69) is 36.2 Å². The van der Waals surface area contributed by atoms with Crippen LogP contribution in [-0.4, -0.2) is 9.97 Å². The summed E-state index contributed by atoms with van der Waals surface area (Å²) in [4.78, 5) is 8.04. The second kappa shape index (κ2) is 4.85. The highest BCUT2D eigenvalue weighted by Crippen LogP contribution is 2.26. The molecule has 3 rings (SSSR count). The highest BCUT2D eigenvalue weighted by Gasteiger charge is 2.10. The van der Waals surface area contributed by atoms with Crippen molar-refractivity contribution < 1.29 is 0 Å². The van der Waals surface area contributed by atoms with Crippen LogP contribution in [0.2, 0.25) is 0 Å². The molecule has 20 heavy (non-hydrogen) atoms. The lowest BCUT2D eigenvalue weighted by Gasteiger charge is -1.99. The molecular formula is C17H17N3. The summed E-state index contributed by atoms with van der Waals surface area (Å²) in [5.74, 6) is 0.852. The Morgan fingerprint density at radius 2 is 1.70 bits per heavy atom. The van der Waals surface area contributed by atoms with Crippen LogP contribution in [0.15, 0.2) is 48.5 Å². The second-order valence-electron chi connectivity index (χ2n) is 5.05. The zero-order valence-electron chi connectivity index (χ0n) is 11.6. The summed E-state index contributed by atoms with van der Waals surface area (Å²) in [6.45, 7) is 4.12. The Labute approximate surface area is 118 Å². The van der Waals surface area contributed by atoms with Gasteiger partial charge in [-0.1, -0.05) is 42.0 Å². The van der Waals surface area contributed by atoms with Crippen molar-refractivity contribution in [3.8, 4) is 22.6 Å². The van der Waals surface area contributed by atoms with Gasteiger partial charge in [-0.2, -0.15) is 0 Å². The lowest BCUT2D eigenvalue weighted by atomic mass is 10.1. The summed E-state index contributed by atoms with van der Waals surface area (Å²) >= 11 is 0. The van der Waals surface area contributed by atoms with Crippen molar-refractivity contribution in [2.24, 2.45) is 0 Å². The zero-order valence-corrected chi connectivity index (χ0v) is 11.6. The average molecular weight is 263 g/mol. The number of hydrogen-bond acceptors (Lipinski definition) is 2. The Morgan fingerprint density at radius 1 is 0.950 bits per heavy atom. The predicted molar refractivity (Wildman–Crippen MR) is 83.3 cm³/mol. The van der Waals surface area contributed by atoms with Crippen LogP contribution in [0.5, 0.6) is 0 Å². The number of aromatic amines is 1. The van der Waals surface area contributed by atoms with Crippen LogP contribution in [-0.2, 0) is 0 Å². The van der Waals surface area contributed by atoms with Gasteiger partial charge >= 0.3 is 0 Å². The first-order valence-corrected chi connectivity index (χ1v) is 6.63. The summed E-state index contributed by atoms with van der Waals surface area (Å²) in [5, 5.41) is 0. The van der Waals surface area contributed by atoms with E-state index >= 15 is 0 Å². The molecule has 2 aromatic carbocycles. The van der Waals surface area contributed by atoms with Crippen LogP contribution in [0.1, 0.15) is 11.3 Å². The SMILES string of the molecule is Cc1ccc(-c2nc(-c3cccc(N)c3)[nH]c2C)cc1. The number of nitrogens with one attached hydrogen (secondary N) is 1. The van der Waals surface area contributed by atoms with E-state index in [1.54, 1.807) is 0 Å². The van der Waals surface area contributed by atoms with Crippen molar-refractivity contribution in [3.63, 3.8) is 0 Å². The van der Waals surface area contributed by atoms with Crippen molar-refractivity contribution in [2.45, 2.75) is 13.8 Å². The van der Waals surface area contributed by atoms with E-state index in [9.17, 15) is 0 Å². The fourth-order valence-corrected chi connectivity index (χ4v) is 2.28. The van der Waals surface area contributed by atoms with Crippen molar-refractivity contribution in [3.05, 3.63) is 59.8 Å². The molecule has 0 saturated heterocycles. The Hall–Kier alpha value is -2.55. The maximum Gasteiger partial charge on any atom is 0.138 e. The van der Waals surface area contributed by atoms with Gasteiger partial charge in [0.15, 0.2) is 0 Å². The number of rotatable bonds is 2. The lowest BCUT2D eigenvalue weighted by Crippen LogP contribution is -1.86. The Balaban J connectivity index is 2.05. The van der Waals surface area contributed by atoms with Gasteiger partial charge in [0.2, 0.25) is 0 Å². The molecule has 0 atom stereocenters. The van der Waals surface area contributed by atoms with Gasteiger partial charge in [0.05, 0.1) is 5.69 Å². The molecule has 3 heteroatoms. The third kappa shape index (κ3) is 2.30. The molecular weight excluding hydrogens is 246 g/mol. The summed E-state index contributed by atoms with van der Waals surface area (Å²) < 4.78 is 0. The van der Waals surface area contributed by atoms with Gasteiger partial charge in [0.1, 0.15) is 5.82 Å². The predicted octanol–water partition coefficient (Wildman–Crippen LogP) is 3.94. The number of benzene rings is 2. The largest absolute Gasteiger partial charge is 0.399 e. The lowest BCUT2D eigenvalue weighted by molar-refractivity contribution is 1.26. The maximum absolute atomic E-state index is 5.83. The minimum Gasteiger partial charge on any atom is -0.399 e. The first-order valence-electron chi connectivity index (χ1n) is 6.63. The van der Waals surface area contributed by atoms with E-state index in [0.717, 1.165) is 34.0 Å². The molecule has 0 bridgehead atoms. The molecule has 0 aliphatic rings. The highest BCUT2D eigenvalue weighted by atomic mass is 14.9. The standard InChI is InChI=1S/C17H17N3/c1-11-6-8-13(9-7-11)16-12(2)19-17(20-16)14-4-3-5-15(18)10-14/h3-10H,18H2,1-2H3,(H,19,20). The first kappa shape index (κ1) is 12.5. The minimum absolute atomic E-state index is 0.744. The fourth-order valence-electron chi connectivity index (χ4n) is 2.28. The van der Waals surface area contributed by atoms with Gasteiger partial charge in [-0.05, 0) is 26.0 Å². The van der Waals surface area contributed by atoms with Gasteiger partial charge in [0.25, 0.3) is 0 Å². The smallest absolute Gasteiger partial charge is 0.138 e. The number of nitrogen functional groups attached to an aromatic ring is 1. The molecule has 0 unspecified atom stereocenters. The molecule has 0 saturated carbocycles. The summed E-state index contributed by atoms with van der Waals surface area (Å²) in [6.07, 6.45) is 0. The fraction of sp³-hybridized carbons (Fsp3) is 0.118. The van der Waals surface area contributed by atoms with Crippen molar-refractivity contribution >= 4 is 5.69 Å². The molecule has 3 nitrogen and oxygen atoms in total. The van der Waals surface area contributed by atoms with Crippen LogP contribution in [0.3, 0.4) is 0 Å². The topological polar surface area (TPSA) is 54.7 Å². The molecule has 0 fully saturated rings. The van der Waals surface area contributed by atoms with E-state index in [0.29, 0.717) is 0 Å². The minimum atomic E-state index is 0.744. The summed E-state index contributed by atoms with van der Waals surface area (Å²) in [6, 6.07) is 16.1. The van der Waals surface area contributed by atoms with Gasteiger partial charge in [-0.25, -0.2) is 4.98 Å². The quantitative estimate of drug-likeness (QED) is 0.688. The third-order valence-corrected chi connectivity index (χ3v) is 3.37. The molecule has 0 aliphatic carbocycles. The van der Waals surface area contributed by atoms with E-state index in [1.165, 1.54) is 5.56 Å². The van der Waals surface area contributed by atoms with Crippen LogP contribution in [0, 0.1) is 13.8 Å². The number of H-pyrrole nitrogens is 1. The number of imidazole rings is 1. The van der Waals surface area contributed by atoms with E-state index < -0.39 is 0 Å². The van der Waals surface area contributed by atoms with Gasteiger partial charge < -0.3 is 10.7 Å². The second-order valence-corrected chi connectivity index (χ2v) is 5.05. The number of nitrogens with two attached hydrogens (primary N) is 1. The number of nitrogens with zero attached hydrogens (tertiary/aromatic N) is 1. The average Bonchev–Trinajstić information content (AvgIpc) is 2.82. The van der Waals surface area contributed by atoms with Crippen LogP contribution in [0.4, 0.5) is 5.69 Å². The molecule has 0 amide bonds. The van der Waals surface area contributed by atoms with Crippen LogP contribution >= 0.6 is 0 Å². The molecule has 3 N–H and O–H groups in total. The van der Waals surface area contributed by atoms with Gasteiger partial charge in [-0.15, -0.1) is 0 Å². The Bertz CT molecular complexity index is 739. The van der Waals surface area contributed by atoms with Crippen molar-refractivity contribution in [2.75, 3.05) is 5.73 Å². The molecule has 0 spiro atoms. The van der Waals surface area contributed by atoms with Crippen molar-refractivity contribution in [1.82, 2.24) is 9.97 Å². The highest BCUT2D eigenvalue weighted by molar-refractivity contribution is 5.68. The molecule has 0 radical (unpaired) electrons. The molecule has 0 aliphatic heterocycles. The van der Waals surface area contributed by atoms with Gasteiger partial charge in [-0.3, -0.25) is 0 Å². The number of aromatic nitrogens is 2. The number of aryl methyl sites for hydroxylation is 2. The van der Waals surface area contributed by atoms with E-state index in [-0.39, 0.29) is 0 Å². The summed E-state index contributed by atoms with van der Waals surface area (Å²) in [5.41, 5.74) is 12.0. The van der Waals surface area contributed by atoms with Gasteiger partial charge in [0, 0.05) is 22.5 Å². The monoisotopic (exact) mass is 263 g/mol. The van der Waals surface area contributed by atoms with Crippen molar-refractivity contribution in [1.29, 1.82) is 0 Å². The third-order valence-electron chi connectivity index (χ3n) is 3.37. The zero-order chi connectivity index (χ0) is 14.1. The number of anilines is 1. The van der Waals surface area contributed by atoms with E-state index in [1.807, 2.05) is 31.2 Å². The van der Waals surface area contributed by atoms with E-state index in [4.69, 9.17) is 10.7 Å². The Morgan fingerprint density at radius 3 is 2.40 bits per heavy atom. The summed E-state index contributed by atoms with van der Waals surface area (Å²) in [7, 11) is 0.